The molecule has 0 aliphatic heterocycles. The molecular formula is C23H24N2O6. The summed E-state index contributed by atoms with van der Waals surface area (Å²) in [6.45, 7) is 1.61. The zero-order chi connectivity index (χ0) is 22.5. The van der Waals surface area contributed by atoms with Crippen molar-refractivity contribution in [1.82, 2.24) is 4.57 Å². The van der Waals surface area contributed by atoms with Gasteiger partial charge < -0.3 is 24.8 Å². The third-order valence-corrected chi connectivity index (χ3v) is 4.95. The van der Waals surface area contributed by atoms with E-state index < -0.39 is 24.0 Å². The number of benzene rings is 2. The number of carbonyl (C=O) groups excluding carboxylic acids is 1. The first kappa shape index (κ1) is 21.9. The summed E-state index contributed by atoms with van der Waals surface area (Å²) < 4.78 is 6.39. The minimum atomic E-state index is -1.10. The van der Waals surface area contributed by atoms with Crippen molar-refractivity contribution in [2.24, 2.45) is 7.05 Å². The second kappa shape index (κ2) is 9.34. The number of carboxylic acid groups (broad SMARTS) is 1. The van der Waals surface area contributed by atoms with Crippen LogP contribution in [0.1, 0.15) is 35.7 Å². The Kier molecular flexibility index (Phi) is 6.59. The number of aryl methyl sites for hydroxylation is 2. The minimum Gasteiger partial charge on any atom is -0.506 e. The summed E-state index contributed by atoms with van der Waals surface area (Å²) >= 11 is 0. The van der Waals surface area contributed by atoms with Crippen molar-refractivity contribution in [2.75, 3.05) is 11.9 Å². The molecule has 0 spiro atoms. The Labute approximate surface area is 178 Å². The smallest absolute Gasteiger partial charge is 0.341 e. The average molecular weight is 424 g/mol. The van der Waals surface area contributed by atoms with E-state index in [0.29, 0.717) is 22.3 Å². The van der Waals surface area contributed by atoms with Gasteiger partial charge in [0.1, 0.15) is 17.1 Å². The number of anilines is 1. The number of nitrogens with one attached hydrogen (secondary N) is 1. The first-order chi connectivity index (χ1) is 14.8. The Morgan fingerprint density at radius 3 is 2.48 bits per heavy atom. The molecule has 8 nitrogen and oxygen atoms in total. The van der Waals surface area contributed by atoms with Gasteiger partial charge in [-0.05, 0) is 54.8 Å². The van der Waals surface area contributed by atoms with Crippen LogP contribution in [0.4, 0.5) is 5.69 Å². The Balaban J connectivity index is 1.91. The number of hydrogen-bond donors (Lipinski definition) is 3. The average Bonchev–Trinajstić information content (AvgIpc) is 2.75. The first-order valence-electron chi connectivity index (χ1n) is 9.92. The summed E-state index contributed by atoms with van der Waals surface area (Å²) in [6.07, 6.45) is 2.87. The number of ether oxygens (including phenoxy) is 1. The SMILES string of the molecule is CCCCc1ccc2c(c1)c(O)c(C(=O)Nc1ccc(OCC(=O)O)cc1)c(=O)n2C. The van der Waals surface area contributed by atoms with Crippen LogP contribution in [0.15, 0.2) is 47.3 Å². The van der Waals surface area contributed by atoms with E-state index in [9.17, 15) is 19.5 Å². The highest BCUT2D eigenvalue weighted by Crippen LogP contribution is 2.28. The van der Waals surface area contributed by atoms with E-state index in [-0.39, 0.29) is 11.3 Å². The summed E-state index contributed by atoms with van der Waals surface area (Å²) in [5.74, 6) is -1.86. The molecule has 3 aromatic rings. The van der Waals surface area contributed by atoms with E-state index >= 15 is 0 Å². The number of aromatic nitrogens is 1. The van der Waals surface area contributed by atoms with Gasteiger partial charge in [-0.3, -0.25) is 9.59 Å². The lowest BCUT2D eigenvalue weighted by Crippen LogP contribution is -2.28. The number of amides is 1. The number of pyridine rings is 1. The molecule has 0 atom stereocenters. The van der Waals surface area contributed by atoms with Crippen LogP contribution in [-0.4, -0.2) is 33.3 Å². The Morgan fingerprint density at radius 2 is 1.84 bits per heavy atom. The topological polar surface area (TPSA) is 118 Å². The van der Waals surface area contributed by atoms with Gasteiger partial charge in [0, 0.05) is 18.1 Å². The van der Waals surface area contributed by atoms with Gasteiger partial charge in [-0.1, -0.05) is 19.4 Å². The fourth-order valence-corrected chi connectivity index (χ4v) is 3.29. The number of carboxylic acids is 1. The van der Waals surface area contributed by atoms with Crippen molar-refractivity contribution in [3.63, 3.8) is 0 Å². The fourth-order valence-electron chi connectivity index (χ4n) is 3.29. The van der Waals surface area contributed by atoms with Gasteiger partial charge in [0.25, 0.3) is 11.5 Å². The summed E-state index contributed by atoms with van der Waals surface area (Å²) in [5, 5.41) is 22.4. The molecule has 1 heterocycles. The van der Waals surface area contributed by atoms with Gasteiger partial charge in [-0.15, -0.1) is 0 Å². The molecule has 31 heavy (non-hydrogen) atoms. The van der Waals surface area contributed by atoms with Crippen LogP contribution in [0.5, 0.6) is 11.5 Å². The molecule has 0 saturated carbocycles. The van der Waals surface area contributed by atoms with Gasteiger partial charge in [-0.2, -0.15) is 0 Å². The van der Waals surface area contributed by atoms with Crippen molar-refractivity contribution in [1.29, 1.82) is 0 Å². The van der Waals surface area contributed by atoms with Crippen molar-refractivity contribution >= 4 is 28.5 Å². The molecule has 0 aliphatic carbocycles. The quantitative estimate of drug-likeness (QED) is 0.511. The second-order valence-corrected chi connectivity index (χ2v) is 7.20. The molecule has 0 unspecified atom stereocenters. The van der Waals surface area contributed by atoms with Crippen molar-refractivity contribution in [3.05, 3.63) is 63.9 Å². The van der Waals surface area contributed by atoms with Gasteiger partial charge in [0.15, 0.2) is 6.61 Å². The highest BCUT2D eigenvalue weighted by molar-refractivity contribution is 6.09. The molecule has 0 fully saturated rings. The summed E-state index contributed by atoms with van der Waals surface area (Å²) in [4.78, 5) is 36.1. The molecule has 0 saturated heterocycles. The lowest BCUT2D eigenvalue weighted by Gasteiger charge is -2.13. The molecule has 1 amide bonds. The number of rotatable bonds is 8. The molecule has 3 rings (SSSR count). The third-order valence-electron chi connectivity index (χ3n) is 4.95. The molecule has 1 aromatic heterocycles. The van der Waals surface area contributed by atoms with Gasteiger partial charge in [-0.25, -0.2) is 4.79 Å². The van der Waals surface area contributed by atoms with Crippen molar-refractivity contribution in [3.8, 4) is 11.5 Å². The zero-order valence-corrected chi connectivity index (χ0v) is 17.3. The Bertz CT molecular complexity index is 1180. The largest absolute Gasteiger partial charge is 0.506 e. The van der Waals surface area contributed by atoms with Crippen LogP contribution >= 0.6 is 0 Å². The molecule has 2 aromatic carbocycles. The maximum atomic E-state index is 12.8. The van der Waals surface area contributed by atoms with Crippen molar-refractivity contribution in [2.45, 2.75) is 26.2 Å². The van der Waals surface area contributed by atoms with Crippen LogP contribution < -0.4 is 15.6 Å². The number of nitrogens with zero attached hydrogens (tertiary/aromatic N) is 1. The Morgan fingerprint density at radius 1 is 1.13 bits per heavy atom. The standard InChI is InChI=1S/C23H24N2O6/c1-3-4-5-14-6-11-18-17(12-14)21(28)20(23(30)25(18)2)22(29)24-15-7-9-16(10-8-15)31-13-19(26)27/h6-12,28H,3-5,13H2,1-2H3,(H,24,29)(H,26,27). The highest BCUT2D eigenvalue weighted by atomic mass is 16.5. The number of aromatic hydroxyl groups is 1. The number of unbranched alkanes of at least 4 members (excludes halogenated alkanes) is 1. The first-order valence-corrected chi connectivity index (χ1v) is 9.92. The molecule has 0 aliphatic rings. The summed E-state index contributed by atoms with van der Waals surface area (Å²) in [6, 6.07) is 11.5. The van der Waals surface area contributed by atoms with E-state index in [1.807, 2.05) is 12.1 Å². The molecule has 8 heteroatoms. The van der Waals surface area contributed by atoms with Gasteiger partial charge in [0.05, 0.1) is 5.52 Å². The monoisotopic (exact) mass is 424 g/mol. The minimum absolute atomic E-state index is 0.324. The van der Waals surface area contributed by atoms with Crippen LogP contribution in [0.3, 0.4) is 0 Å². The van der Waals surface area contributed by atoms with Crippen molar-refractivity contribution < 1.29 is 24.5 Å². The van der Waals surface area contributed by atoms with Crippen LogP contribution in [0.25, 0.3) is 10.9 Å². The van der Waals surface area contributed by atoms with E-state index in [0.717, 1.165) is 24.8 Å². The van der Waals surface area contributed by atoms with E-state index in [4.69, 9.17) is 9.84 Å². The molecule has 0 radical (unpaired) electrons. The van der Waals surface area contributed by atoms with E-state index in [1.165, 1.54) is 28.8 Å². The number of aliphatic carboxylic acids is 1. The van der Waals surface area contributed by atoms with Crippen LogP contribution in [0.2, 0.25) is 0 Å². The lowest BCUT2D eigenvalue weighted by atomic mass is 10.0. The highest BCUT2D eigenvalue weighted by Gasteiger charge is 2.21. The predicted molar refractivity (Wildman–Crippen MR) is 117 cm³/mol. The number of carbonyl (C=O) groups is 2. The fraction of sp³-hybridized carbons (Fsp3) is 0.261. The third kappa shape index (κ3) is 4.85. The number of hydrogen-bond acceptors (Lipinski definition) is 5. The molecule has 0 bridgehead atoms. The van der Waals surface area contributed by atoms with Gasteiger partial charge >= 0.3 is 5.97 Å². The second-order valence-electron chi connectivity index (χ2n) is 7.20. The zero-order valence-electron chi connectivity index (χ0n) is 17.3. The van der Waals surface area contributed by atoms with E-state index in [2.05, 4.69) is 12.2 Å². The summed E-state index contributed by atoms with van der Waals surface area (Å²) in [7, 11) is 1.56. The van der Waals surface area contributed by atoms with Crippen LogP contribution in [-0.2, 0) is 18.3 Å². The predicted octanol–water partition coefficient (Wildman–Crippen LogP) is 3.30. The lowest BCUT2D eigenvalue weighted by molar-refractivity contribution is -0.139. The number of fused-ring (bicyclic) bond motifs is 1. The van der Waals surface area contributed by atoms with Gasteiger partial charge in [0.2, 0.25) is 0 Å². The normalized spacial score (nSPS) is 10.8. The molecule has 3 N–H and O–H groups in total. The Hall–Kier alpha value is -3.81. The maximum absolute atomic E-state index is 12.8. The molecular weight excluding hydrogens is 400 g/mol. The van der Waals surface area contributed by atoms with Crippen LogP contribution in [0, 0.1) is 0 Å². The van der Waals surface area contributed by atoms with E-state index in [1.54, 1.807) is 13.1 Å². The summed E-state index contributed by atoms with van der Waals surface area (Å²) in [5.41, 5.74) is 0.982. The molecule has 162 valence electrons. The maximum Gasteiger partial charge on any atom is 0.341 e.